The van der Waals surface area contributed by atoms with Crippen molar-refractivity contribution in [1.82, 2.24) is 9.97 Å². The predicted molar refractivity (Wildman–Crippen MR) is 71.7 cm³/mol. The monoisotopic (exact) mass is 347 g/mol. The number of aromatic nitrogens is 2. The zero-order chi connectivity index (χ0) is 17.4. The van der Waals surface area contributed by atoms with Crippen LogP contribution < -0.4 is 5.56 Å². The Morgan fingerprint density at radius 2 is 1.91 bits per heavy atom. The van der Waals surface area contributed by atoms with Gasteiger partial charge in [-0.2, -0.15) is 18.4 Å². The summed E-state index contributed by atoms with van der Waals surface area (Å²) in [5.41, 5.74) is -4.67. The van der Waals surface area contributed by atoms with E-state index in [9.17, 15) is 26.7 Å². The number of benzene rings is 1. The van der Waals surface area contributed by atoms with Crippen molar-refractivity contribution in [2.24, 2.45) is 0 Å². The normalized spacial score (nSPS) is 11.3. The second kappa shape index (κ2) is 6.00. The van der Waals surface area contributed by atoms with Crippen LogP contribution in [0.4, 0.5) is 22.0 Å². The summed E-state index contributed by atoms with van der Waals surface area (Å²) in [6, 6.07) is 1.69. The minimum atomic E-state index is -5.07. The van der Waals surface area contributed by atoms with Crippen molar-refractivity contribution in [1.29, 1.82) is 5.26 Å². The third kappa shape index (κ3) is 3.19. The molecule has 0 amide bonds. The van der Waals surface area contributed by atoms with Crippen LogP contribution in [0.15, 0.2) is 22.1 Å². The highest BCUT2D eigenvalue weighted by atomic mass is 32.2. The first-order valence-electron chi connectivity index (χ1n) is 5.84. The molecule has 0 aliphatic carbocycles. The van der Waals surface area contributed by atoms with Crippen LogP contribution in [0.25, 0.3) is 11.3 Å². The summed E-state index contributed by atoms with van der Waals surface area (Å²) < 4.78 is 65.5. The quantitative estimate of drug-likeness (QED) is 0.514. The van der Waals surface area contributed by atoms with Crippen molar-refractivity contribution in [3.63, 3.8) is 0 Å². The first kappa shape index (κ1) is 17.0. The smallest absolute Gasteiger partial charge is 0.300 e. The molecule has 0 aliphatic rings. The lowest BCUT2D eigenvalue weighted by Crippen LogP contribution is -2.16. The number of alkyl halides is 3. The summed E-state index contributed by atoms with van der Waals surface area (Å²) in [7, 11) is 0. The maximum atomic E-state index is 13.9. The first-order valence-corrected chi connectivity index (χ1v) is 7.06. The fourth-order valence-corrected chi connectivity index (χ4v) is 2.17. The molecular formula is C13H6F5N3OS. The van der Waals surface area contributed by atoms with E-state index in [0.29, 0.717) is 0 Å². The minimum Gasteiger partial charge on any atom is -0.300 e. The Morgan fingerprint density at radius 3 is 2.43 bits per heavy atom. The number of nitrogens with one attached hydrogen (secondary N) is 1. The lowest BCUT2D eigenvalue weighted by molar-refractivity contribution is -0.140. The van der Waals surface area contributed by atoms with Crippen LogP contribution in [0.5, 0.6) is 0 Å². The lowest BCUT2D eigenvalue weighted by Gasteiger charge is -2.12. The number of nitrogens with zero attached hydrogens (tertiary/aromatic N) is 2. The highest BCUT2D eigenvalue weighted by molar-refractivity contribution is 7.98. The van der Waals surface area contributed by atoms with Gasteiger partial charge in [0.2, 0.25) is 0 Å². The summed E-state index contributed by atoms with van der Waals surface area (Å²) in [6.45, 7) is 0. The van der Waals surface area contributed by atoms with E-state index in [2.05, 4.69) is 9.97 Å². The second-order valence-corrected chi connectivity index (χ2v) is 5.02. The van der Waals surface area contributed by atoms with Crippen molar-refractivity contribution in [2.75, 3.05) is 6.26 Å². The molecule has 0 unspecified atom stereocenters. The molecule has 23 heavy (non-hydrogen) atoms. The Hall–Kier alpha value is -2.41. The van der Waals surface area contributed by atoms with Crippen LogP contribution in [0.1, 0.15) is 11.1 Å². The average Bonchev–Trinajstić information content (AvgIpc) is 2.45. The molecule has 0 spiro atoms. The van der Waals surface area contributed by atoms with Crippen molar-refractivity contribution < 1.29 is 22.0 Å². The van der Waals surface area contributed by atoms with E-state index in [1.807, 2.05) is 0 Å². The molecule has 0 aliphatic heterocycles. The zero-order valence-corrected chi connectivity index (χ0v) is 12.1. The molecule has 0 bridgehead atoms. The number of aromatic amines is 1. The second-order valence-electron chi connectivity index (χ2n) is 4.22. The summed E-state index contributed by atoms with van der Waals surface area (Å²) in [4.78, 5) is 17.7. The lowest BCUT2D eigenvalue weighted by atomic mass is 10.0. The Morgan fingerprint density at radius 1 is 1.26 bits per heavy atom. The van der Waals surface area contributed by atoms with Gasteiger partial charge in [-0.1, -0.05) is 11.8 Å². The number of hydrogen-bond acceptors (Lipinski definition) is 4. The summed E-state index contributed by atoms with van der Waals surface area (Å²) >= 11 is 0.935. The molecule has 0 saturated carbocycles. The summed E-state index contributed by atoms with van der Waals surface area (Å²) in [5, 5.41) is 8.94. The average molecular weight is 347 g/mol. The molecule has 1 aromatic carbocycles. The van der Waals surface area contributed by atoms with E-state index in [4.69, 9.17) is 5.26 Å². The highest BCUT2D eigenvalue weighted by Crippen LogP contribution is 2.35. The van der Waals surface area contributed by atoms with Gasteiger partial charge in [0.15, 0.2) is 5.16 Å². The van der Waals surface area contributed by atoms with E-state index >= 15 is 0 Å². The standard InChI is InChI=1S/C13H6F5N3OS/c1-23-12-20-10(6(4-19)11(22)21-12)5-2-7(13(16,17)18)9(15)3-8(5)14/h2-3H,1H3,(H,20,21,22). The number of nitriles is 1. The SMILES string of the molecule is CSc1nc(-c2cc(C(F)(F)F)c(F)cc2F)c(C#N)c(=O)[nH]1. The maximum absolute atomic E-state index is 13.9. The van der Waals surface area contributed by atoms with Crippen molar-refractivity contribution in [3.05, 3.63) is 45.2 Å². The van der Waals surface area contributed by atoms with E-state index < -0.39 is 45.8 Å². The van der Waals surface area contributed by atoms with E-state index in [0.717, 1.165) is 11.8 Å². The molecule has 1 N–H and O–H groups in total. The molecule has 1 heterocycles. The molecule has 0 radical (unpaired) electrons. The van der Waals surface area contributed by atoms with Gasteiger partial charge < -0.3 is 4.98 Å². The summed E-state index contributed by atoms with van der Waals surface area (Å²) in [6.07, 6.45) is -3.56. The van der Waals surface area contributed by atoms with Crippen LogP contribution in [0, 0.1) is 23.0 Å². The van der Waals surface area contributed by atoms with E-state index in [1.165, 1.54) is 12.3 Å². The van der Waals surface area contributed by atoms with E-state index in [-0.39, 0.29) is 17.3 Å². The number of rotatable bonds is 2. The van der Waals surface area contributed by atoms with Gasteiger partial charge in [-0.25, -0.2) is 13.8 Å². The van der Waals surface area contributed by atoms with Gasteiger partial charge in [-0.15, -0.1) is 0 Å². The topological polar surface area (TPSA) is 69.5 Å². The Kier molecular flexibility index (Phi) is 4.42. The third-order valence-electron chi connectivity index (χ3n) is 2.82. The predicted octanol–water partition coefficient (Wildman–Crippen LogP) is 3.33. The molecule has 4 nitrogen and oxygen atoms in total. The molecule has 0 fully saturated rings. The molecule has 10 heteroatoms. The minimum absolute atomic E-state index is 0.0266. The van der Waals surface area contributed by atoms with Crippen LogP contribution in [-0.4, -0.2) is 16.2 Å². The van der Waals surface area contributed by atoms with Gasteiger partial charge in [0.05, 0.1) is 11.3 Å². The van der Waals surface area contributed by atoms with Crippen LogP contribution in [0.2, 0.25) is 0 Å². The van der Waals surface area contributed by atoms with Crippen LogP contribution >= 0.6 is 11.8 Å². The summed E-state index contributed by atoms with van der Waals surface area (Å²) in [5.74, 6) is -3.16. The Balaban J connectivity index is 2.85. The van der Waals surface area contributed by atoms with Crippen LogP contribution in [0.3, 0.4) is 0 Å². The fourth-order valence-electron chi connectivity index (χ4n) is 1.80. The van der Waals surface area contributed by atoms with Crippen molar-refractivity contribution >= 4 is 11.8 Å². The number of thioether (sulfide) groups is 1. The van der Waals surface area contributed by atoms with Gasteiger partial charge in [0.25, 0.3) is 5.56 Å². The molecule has 120 valence electrons. The Bertz CT molecular complexity index is 870. The molecule has 2 aromatic rings. The van der Waals surface area contributed by atoms with Gasteiger partial charge in [0, 0.05) is 11.6 Å². The molecule has 2 rings (SSSR count). The van der Waals surface area contributed by atoms with Gasteiger partial charge in [-0.3, -0.25) is 4.79 Å². The molecular weight excluding hydrogens is 341 g/mol. The number of halogens is 5. The fraction of sp³-hybridized carbons (Fsp3) is 0.154. The number of hydrogen-bond donors (Lipinski definition) is 1. The van der Waals surface area contributed by atoms with E-state index in [1.54, 1.807) is 0 Å². The first-order chi connectivity index (χ1) is 10.7. The van der Waals surface area contributed by atoms with Gasteiger partial charge >= 0.3 is 6.18 Å². The highest BCUT2D eigenvalue weighted by Gasteiger charge is 2.35. The number of H-pyrrole nitrogens is 1. The van der Waals surface area contributed by atoms with Crippen LogP contribution in [-0.2, 0) is 6.18 Å². The third-order valence-corrected chi connectivity index (χ3v) is 3.40. The van der Waals surface area contributed by atoms with Gasteiger partial charge in [-0.05, 0) is 12.3 Å². The van der Waals surface area contributed by atoms with Crippen molar-refractivity contribution in [2.45, 2.75) is 11.3 Å². The molecule has 1 aromatic heterocycles. The molecule has 0 saturated heterocycles. The van der Waals surface area contributed by atoms with Gasteiger partial charge in [0.1, 0.15) is 23.3 Å². The van der Waals surface area contributed by atoms with Crippen molar-refractivity contribution in [3.8, 4) is 17.3 Å². The Labute approximate surface area is 130 Å². The molecule has 0 atom stereocenters. The largest absolute Gasteiger partial charge is 0.419 e. The maximum Gasteiger partial charge on any atom is 0.419 e. The zero-order valence-electron chi connectivity index (χ0n) is 11.3.